The smallest absolute Gasteiger partial charge is 0.0626 e. The molecular weight excluding hydrogens is 280 g/mol. The zero-order chi connectivity index (χ0) is 16.5. The monoisotopic (exact) mass is 322 g/mol. The first-order chi connectivity index (χ1) is 11.1. The maximum absolute atomic E-state index is 4.05. The number of hydrogen-bond acceptors (Lipinski definition) is 2. The van der Waals surface area contributed by atoms with Crippen molar-refractivity contribution in [2.24, 2.45) is 11.3 Å². The zero-order valence-corrected chi connectivity index (χ0v) is 16.1. The van der Waals surface area contributed by atoms with Crippen LogP contribution < -0.4 is 10.6 Å². The Kier molecular flexibility index (Phi) is 8.40. The highest BCUT2D eigenvalue weighted by molar-refractivity contribution is 4.89. The first kappa shape index (κ1) is 19.2. The zero-order valence-electron chi connectivity index (χ0n) is 16.1. The SMILES string of the molecule is CC1CCNC(NC2CCCCCCCCCCC2)C(C)(C)C1. The lowest BCUT2D eigenvalue weighted by atomic mass is 9.80. The Morgan fingerprint density at radius 2 is 1.30 bits per heavy atom. The molecule has 1 aliphatic carbocycles. The Balaban J connectivity index is 1.88. The summed E-state index contributed by atoms with van der Waals surface area (Å²) >= 11 is 0. The summed E-state index contributed by atoms with van der Waals surface area (Å²) < 4.78 is 0. The highest BCUT2D eigenvalue weighted by Crippen LogP contribution is 2.32. The van der Waals surface area contributed by atoms with E-state index in [0.717, 1.165) is 12.0 Å². The number of rotatable bonds is 2. The fraction of sp³-hybridized carbons (Fsp3) is 1.00. The van der Waals surface area contributed by atoms with Crippen LogP contribution in [0.15, 0.2) is 0 Å². The Bertz CT molecular complexity index is 301. The second-order valence-electron chi connectivity index (χ2n) is 9.10. The fourth-order valence-electron chi connectivity index (χ4n) is 4.72. The van der Waals surface area contributed by atoms with Gasteiger partial charge in [-0.1, -0.05) is 78.6 Å². The molecule has 0 aromatic heterocycles. The summed E-state index contributed by atoms with van der Waals surface area (Å²) in [6.07, 6.45) is 18.9. The van der Waals surface area contributed by atoms with Crippen LogP contribution in [0.1, 0.15) is 104 Å². The predicted octanol–water partition coefficient (Wildman–Crippen LogP) is 5.62. The number of nitrogens with one attached hydrogen (secondary N) is 2. The van der Waals surface area contributed by atoms with Crippen molar-refractivity contribution < 1.29 is 0 Å². The van der Waals surface area contributed by atoms with Gasteiger partial charge in [0.1, 0.15) is 0 Å². The largest absolute Gasteiger partial charge is 0.301 e. The fourth-order valence-corrected chi connectivity index (χ4v) is 4.72. The van der Waals surface area contributed by atoms with Gasteiger partial charge in [0.15, 0.2) is 0 Å². The molecule has 2 nitrogen and oxygen atoms in total. The van der Waals surface area contributed by atoms with Crippen molar-refractivity contribution in [2.45, 2.75) is 116 Å². The van der Waals surface area contributed by atoms with Gasteiger partial charge in [0.2, 0.25) is 0 Å². The normalized spacial score (nSPS) is 32.5. The molecule has 2 atom stereocenters. The van der Waals surface area contributed by atoms with E-state index in [1.165, 1.54) is 90.0 Å². The van der Waals surface area contributed by atoms with Crippen molar-refractivity contribution in [1.29, 1.82) is 0 Å². The first-order valence-corrected chi connectivity index (χ1v) is 10.6. The van der Waals surface area contributed by atoms with Gasteiger partial charge in [-0.3, -0.25) is 5.32 Å². The van der Waals surface area contributed by atoms with E-state index in [9.17, 15) is 0 Å². The molecule has 2 fully saturated rings. The molecule has 0 amide bonds. The molecular formula is C21H42N2. The third kappa shape index (κ3) is 7.13. The van der Waals surface area contributed by atoms with Gasteiger partial charge in [-0.05, 0) is 43.6 Å². The highest BCUT2D eigenvalue weighted by Gasteiger charge is 2.34. The van der Waals surface area contributed by atoms with Crippen molar-refractivity contribution in [3.05, 3.63) is 0 Å². The molecule has 1 saturated heterocycles. The summed E-state index contributed by atoms with van der Waals surface area (Å²) in [6.45, 7) is 8.50. The molecule has 1 aliphatic heterocycles. The van der Waals surface area contributed by atoms with E-state index in [4.69, 9.17) is 0 Å². The van der Waals surface area contributed by atoms with Gasteiger partial charge in [0.05, 0.1) is 6.17 Å². The van der Waals surface area contributed by atoms with Crippen molar-refractivity contribution in [3.8, 4) is 0 Å². The minimum Gasteiger partial charge on any atom is -0.301 e. The molecule has 2 heteroatoms. The second-order valence-corrected chi connectivity index (χ2v) is 9.10. The standard InChI is InChI=1S/C21H42N2/c1-18-15-16-22-20(21(2,3)17-18)23-19-13-11-9-7-5-4-6-8-10-12-14-19/h18-20,22-23H,4-17H2,1-3H3. The van der Waals surface area contributed by atoms with Gasteiger partial charge >= 0.3 is 0 Å². The molecule has 1 saturated carbocycles. The minimum absolute atomic E-state index is 0.361. The molecule has 23 heavy (non-hydrogen) atoms. The molecule has 136 valence electrons. The second kappa shape index (κ2) is 10.0. The molecule has 0 bridgehead atoms. The van der Waals surface area contributed by atoms with Crippen LogP contribution >= 0.6 is 0 Å². The molecule has 0 radical (unpaired) electrons. The molecule has 2 unspecified atom stereocenters. The summed E-state index contributed by atoms with van der Waals surface area (Å²) in [4.78, 5) is 0. The van der Waals surface area contributed by atoms with Crippen LogP contribution in [0.25, 0.3) is 0 Å². The Morgan fingerprint density at radius 3 is 1.87 bits per heavy atom. The Labute approximate surface area is 145 Å². The van der Waals surface area contributed by atoms with Gasteiger partial charge in [0, 0.05) is 6.04 Å². The molecule has 2 N–H and O–H groups in total. The van der Waals surface area contributed by atoms with Crippen LogP contribution in [0.2, 0.25) is 0 Å². The maximum atomic E-state index is 4.05. The van der Waals surface area contributed by atoms with Crippen molar-refractivity contribution in [1.82, 2.24) is 10.6 Å². The lowest BCUT2D eigenvalue weighted by Gasteiger charge is -2.37. The number of hydrogen-bond donors (Lipinski definition) is 2. The molecule has 2 aliphatic rings. The molecule has 0 aromatic carbocycles. The van der Waals surface area contributed by atoms with E-state index in [1.54, 1.807) is 0 Å². The van der Waals surface area contributed by atoms with Crippen LogP contribution in [0.3, 0.4) is 0 Å². The lowest BCUT2D eigenvalue weighted by molar-refractivity contribution is 0.167. The van der Waals surface area contributed by atoms with Gasteiger partial charge in [0.25, 0.3) is 0 Å². The van der Waals surface area contributed by atoms with Crippen molar-refractivity contribution >= 4 is 0 Å². The molecule has 0 aromatic rings. The van der Waals surface area contributed by atoms with Gasteiger partial charge in [-0.2, -0.15) is 0 Å². The van der Waals surface area contributed by atoms with Crippen LogP contribution in [0.5, 0.6) is 0 Å². The maximum Gasteiger partial charge on any atom is 0.0626 e. The molecule has 1 heterocycles. The highest BCUT2D eigenvalue weighted by atomic mass is 15.2. The van der Waals surface area contributed by atoms with Gasteiger partial charge in [-0.25, -0.2) is 0 Å². The van der Waals surface area contributed by atoms with E-state index in [1.807, 2.05) is 0 Å². The van der Waals surface area contributed by atoms with E-state index in [-0.39, 0.29) is 0 Å². The topological polar surface area (TPSA) is 24.1 Å². The summed E-state index contributed by atoms with van der Waals surface area (Å²) in [5.74, 6) is 0.848. The summed E-state index contributed by atoms with van der Waals surface area (Å²) in [7, 11) is 0. The molecule has 2 rings (SSSR count). The molecule has 0 spiro atoms. The van der Waals surface area contributed by atoms with Crippen LogP contribution in [0, 0.1) is 11.3 Å². The minimum atomic E-state index is 0.361. The average Bonchev–Trinajstić information content (AvgIpc) is 2.59. The lowest BCUT2D eigenvalue weighted by Crippen LogP contribution is -2.54. The van der Waals surface area contributed by atoms with Crippen molar-refractivity contribution in [2.75, 3.05) is 6.54 Å². The van der Waals surface area contributed by atoms with E-state index in [2.05, 4.69) is 31.4 Å². The van der Waals surface area contributed by atoms with Crippen LogP contribution in [-0.2, 0) is 0 Å². The Hall–Kier alpha value is -0.0800. The summed E-state index contributed by atoms with van der Waals surface area (Å²) in [6, 6.07) is 0.722. The van der Waals surface area contributed by atoms with Gasteiger partial charge < -0.3 is 5.32 Å². The van der Waals surface area contributed by atoms with Gasteiger partial charge in [-0.15, -0.1) is 0 Å². The van der Waals surface area contributed by atoms with E-state index in [0.29, 0.717) is 11.6 Å². The average molecular weight is 323 g/mol. The third-order valence-electron chi connectivity index (χ3n) is 6.15. The third-order valence-corrected chi connectivity index (χ3v) is 6.15. The Morgan fingerprint density at radius 1 is 0.783 bits per heavy atom. The first-order valence-electron chi connectivity index (χ1n) is 10.6. The summed E-state index contributed by atoms with van der Waals surface area (Å²) in [5, 5.41) is 7.87. The summed E-state index contributed by atoms with van der Waals surface area (Å²) in [5.41, 5.74) is 0.361. The predicted molar refractivity (Wildman–Crippen MR) is 102 cm³/mol. The van der Waals surface area contributed by atoms with Crippen LogP contribution in [-0.4, -0.2) is 18.8 Å². The van der Waals surface area contributed by atoms with Crippen LogP contribution in [0.4, 0.5) is 0 Å². The van der Waals surface area contributed by atoms with E-state index >= 15 is 0 Å². The quantitative estimate of drug-likeness (QED) is 0.689. The van der Waals surface area contributed by atoms with Crippen molar-refractivity contribution in [3.63, 3.8) is 0 Å². The van der Waals surface area contributed by atoms with E-state index < -0.39 is 0 Å².